The number of anilines is 1. The number of hydrogen-bond acceptors (Lipinski definition) is 7. The predicted octanol–water partition coefficient (Wildman–Crippen LogP) is 4.24. The Bertz CT molecular complexity index is 1510. The van der Waals surface area contributed by atoms with Crippen LogP contribution in [0.2, 0.25) is 0 Å². The molecule has 0 aliphatic carbocycles. The molecule has 10 heteroatoms. The van der Waals surface area contributed by atoms with Crippen LogP contribution in [0.15, 0.2) is 66.9 Å². The molecule has 4 aromatic rings. The molecule has 1 atom stereocenters. The number of esters is 1. The summed E-state index contributed by atoms with van der Waals surface area (Å²) in [5, 5.41) is 15.5. The van der Waals surface area contributed by atoms with Crippen LogP contribution in [-0.2, 0) is 14.3 Å². The van der Waals surface area contributed by atoms with Gasteiger partial charge in [-0.15, -0.1) is 0 Å². The number of aryl methyl sites for hydroxylation is 1. The van der Waals surface area contributed by atoms with E-state index in [-0.39, 0.29) is 25.1 Å². The molecule has 0 saturated heterocycles. The van der Waals surface area contributed by atoms with Crippen molar-refractivity contribution in [2.75, 3.05) is 25.6 Å². The van der Waals surface area contributed by atoms with E-state index in [1.54, 1.807) is 55.0 Å². The minimum Gasteiger partial charge on any atom is -0.497 e. The lowest BCUT2D eigenvalue weighted by Crippen LogP contribution is -2.30. The lowest BCUT2D eigenvalue weighted by Gasteiger charge is -2.18. The van der Waals surface area contributed by atoms with E-state index in [1.807, 2.05) is 37.3 Å². The average Bonchev–Trinajstić information content (AvgIpc) is 3.30. The fourth-order valence-corrected chi connectivity index (χ4v) is 4.30. The van der Waals surface area contributed by atoms with Crippen LogP contribution < -0.4 is 15.4 Å². The monoisotopic (exact) mass is 530 g/mol. The Kier molecular flexibility index (Phi) is 8.45. The van der Waals surface area contributed by atoms with Gasteiger partial charge in [-0.1, -0.05) is 42.0 Å². The third-order valence-electron chi connectivity index (χ3n) is 6.07. The zero-order valence-electron chi connectivity index (χ0n) is 21.9. The smallest absolute Gasteiger partial charge is 0.325 e. The van der Waals surface area contributed by atoms with Gasteiger partial charge < -0.3 is 25.2 Å². The molecule has 4 rings (SSSR count). The van der Waals surface area contributed by atoms with Crippen molar-refractivity contribution in [2.24, 2.45) is 0 Å². The SMILES string of the molecule is CCOC(=O)CNc1c(-c2cccc(OC)c2)nc2c(C(=O)NC(CC(=O)O)c3cccc(C)c3)cccn12. The number of carboxylic acid groups (broad SMARTS) is 1. The third kappa shape index (κ3) is 6.35. The van der Waals surface area contributed by atoms with Gasteiger partial charge in [0, 0.05) is 11.8 Å². The zero-order chi connectivity index (χ0) is 27.9. The highest BCUT2D eigenvalue weighted by molar-refractivity contribution is 6.01. The number of carbonyl (C=O) groups excluding carboxylic acids is 2. The van der Waals surface area contributed by atoms with Crippen molar-refractivity contribution >= 4 is 29.3 Å². The number of benzene rings is 2. The van der Waals surface area contributed by atoms with E-state index in [1.165, 1.54) is 0 Å². The number of amides is 1. The van der Waals surface area contributed by atoms with E-state index in [2.05, 4.69) is 10.6 Å². The first-order chi connectivity index (χ1) is 18.8. The Morgan fingerprint density at radius 2 is 1.87 bits per heavy atom. The van der Waals surface area contributed by atoms with E-state index >= 15 is 0 Å². The van der Waals surface area contributed by atoms with Crippen molar-refractivity contribution in [3.05, 3.63) is 83.6 Å². The van der Waals surface area contributed by atoms with Gasteiger partial charge in [-0.05, 0) is 43.7 Å². The molecule has 2 aromatic carbocycles. The number of aliphatic carboxylic acids is 1. The number of carbonyl (C=O) groups is 3. The standard InChI is InChI=1S/C29H30N4O6/c1-4-39-25(36)17-30-28-26(20-10-6-11-21(15-20)38-3)32-27-22(12-7-13-33(27)28)29(37)31-23(16-24(34)35)19-9-5-8-18(2)14-19/h5-15,23,30H,4,16-17H2,1-3H3,(H,31,37)(H,34,35). The Balaban J connectivity index is 1.77. The Morgan fingerprint density at radius 1 is 1.08 bits per heavy atom. The summed E-state index contributed by atoms with van der Waals surface area (Å²) in [5.74, 6) is -0.845. The molecule has 0 aliphatic heterocycles. The fourth-order valence-electron chi connectivity index (χ4n) is 4.30. The van der Waals surface area contributed by atoms with E-state index in [0.717, 1.165) is 5.56 Å². The summed E-state index contributed by atoms with van der Waals surface area (Å²) in [6, 6.07) is 17.2. The van der Waals surface area contributed by atoms with Crippen molar-refractivity contribution in [3.63, 3.8) is 0 Å². The lowest BCUT2D eigenvalue weighted by atomic mass is 10.0. The molecule has 0 radical (unpaired) electrons. The highest BCUT2D eigenvalue weighted by Crippen LogP contribution is 2.32. The maximum absolute atomic E-state index is 13.5. The van der Waals surface area contributed by atoms with E-state index in [9.17, 15) is 19.5 Å². The molecule has 39 heavy (non-hydrogen) atoms. The van der Waals surface area contributed by atoms with Crippen LogP contribution >= 0.6 is 0 Å². The summed E-state index contributed by atoms with van der Waals surface area (Å²) in [5.41, 5.74) is 3.42. The second-order valence-electron chi connectivity index (χ2n) is 8.85. The largest absolute Gasteiger partial charge is 0.497 e. The number of ether oxygens (including phenoxy) is 2. The molecule has 2 heterocycles. The highest BCUT2D eigenvalue weighted by atomic mass is 16.5. The summed E-state index contributed by atoms with van der Waals surface area (Å²) in [6.45, 7) is 3.77. The van der Waals surface area contributed by atoms with Gasteiger partial charge in [0.25, 0.3) is 5.91 Å². The average molecular weight is 531 g/mol. The molecule has 202 valence electrons. The first kappa shape index (κ1) is 27.2. The number of methoxy groups -OCH3 is 1. The van der Waals surface area contributed by atoms with Gasteiger partial charge >= 0.3 is 11.9 Å². The highest BCUT2D eigenvalue weighted by Gasteiger charge is 2.24. The molecule has 0 bridgehead atoms. The van der Waals surface area contributed by atoms with Crippen molar-refractivity contribution in [1.29, 1.82) is 0 Å². The Hall–Kier alpha value is -4.86. The predicted molar refractivity (Wildman–Crippen MR) is 146 cm³/mol. The quantitative estimate of drug-likeness (QED) is 0.246. The van der Waals surface area contributed by atoms with Crippen LogP contribution in [0.5, 0.6) is 5.75 Å². The van der Waals surface area contributed by atoms with Gasteiger partial charge in [-0.25, -0.2) is 4.98 Å². The molecular weight excluding hydrogens is 500 g/mol. The summed E-state index contributed by atoms with van der Waals surface area (Å²) < 4.78 is 12.1. The van der Waals surface area contributed by atoms with Crippen LogP contribution in [-0.4, -0.2) is 52.6 Å². The number of carboxylic acids is 1. The number of rotatable bonds is 11. The number of hydrogen-bond donors (Lipinski definition) is 3. The lowest BCUT2D eigenvalue weighted by molar-refractivity contribution is -0.141. The van der Waals surface area contributed by atoms with Gasteiger partial charge in [-0.3, -0.25) is 18.8 Å². The molecule has 3 N–H and O–H groups in total. The van der Waals surface area contributed by atoms with Gasteiger partial charge in [-0.2, -0.15) is 0 Å². The molecule has 0 fully saturated rings. The van der Waals surface area contributed by atoms with Crippen LogP contribution in [0.3, 0.4) is 0 Å². The molecule has 0 saturated carbocycles. The first-order valence-electron chi connectivity index (χ1n) is 12.4. The molecule has 1 unspecified atom stereocenters. The summed E-state index contributed by atoms with van der Waals surface area (Å²) >= 11 is 0. The van der Waals surface area contributed by atoms with Gasteiger partial charge in [0.1, 0.15) is 23.8 Å². The maximum Gasteiger partial charge on any atom is 0.325 e. The van der Waals surface area contributed by atoms with Crippen molar-refractivity contribution in [1.82, 2.24) is 14.7 Å². The maximum atomic E-state index is 13.5. The minimum atomic E-state index is -1.04. The zero-order valence-corrected chi connectivity index (χ0v) is 21.9. The number of aromatic nitrogens is 2. The molecule has 0 aliphatic rings. The Labute approximate surface area is 225 Å². The number of fused-ring (bicyclic) bond motifs is 1. The summed E-state index contributed by atoms with van der Waals surface area (Å²) in [4.78, 5) is 42.0. The normalized spacial score (nSPS) is 11.6. The molecule has 10 nitrogen and oxygen atoms in total. The second-order valence-corrected chi connectivity index (χ2v) is 8.85. The van der Waals surface area contributed by atoms with E-state index < -0.39 is 23.9 Å². The number of nitrogens with one attached hydrogen (secondary N) is 2. The second kappa shape index (κ2) is 12.1. The van der Waals surface area contributed by atoms with E-state index in [0.29, 0.717) is 34.0 Å². The molecule has 0 spiro atoms. The number of pyridine rings is 1. The van der Waals surface area contributed by atoms with E-state index in [4.69, 9.17) is 14.5 Å². The fraction of sp³-hybridized carbons (Fsp3) is 0.241. The van der Waals surface area contributed by atoms with Crippen molar-refractivity contribution < 1.29 is 29.0 Å². The molecular formula is C29H30N4O6. The topological polar surface area (TPSA) is 131 Å². The molecule has 2 aromatic heterocycles. The number of nitrogens with zero attached hydrogens (tertiary/aromatic N) is 2. The first-order valence-corrected chi connectivity index (χ1v) is 12.4. The van der Waals surface area contributed by atoms with Crippen LogP contribution in [0, 0.1) is 6.92 Å². The van der Waals surface area contributed by atoms with Gasteiger partial charge in [0.2, 0.25) is 0 Å². The minimum absolute atomic E-state index is 0.108. The van der Waals surface area contributed by atoms with Gasteiger partial charge in [0.05, 0.1) is 31.7 Å². The third-order valence-corrected chi connectivity index (χ3v) is 6.07. The van der Waals surface area contributed by atoms with Crippen molar-refractivity contribution in [2.45, 2.75) is 26.3 Å². The van der Waals surface area contributed by atoms with Crippen molar-refractivity contribution in [3.8, 4) is 17.0 Å². The summed E-state index contributed by atoms with van der Waals surface area (Å²) in [6.07, 6.45) is 1.44. The number of imidazole rings is 1. The van der Waals surface area contributed by atoms with Crippen LogP contribution in [0.1, 0.15) is 40.9 Å². The Morgan fingerprint density at radius 3 is 2.59 bits per heavy atom. The van der Waals surface area contributed by atoms with Crippen LogP contribution in [0.25, 0.3) is 16.9 Å². The summed E-state index contributed by atoms with van der Waals surface area (Å²) in [7, 11) is 1.56. The van der Waals surface area contributed by atoms with Crippen LogP contribution in [0.4, 0.5) is 5.82 Å². The molecule has 1 amide bonds. The van der Waals surface area contributed by atoms with Gasteiger partial charge in [0.15, 0.2) is 5.65 Å².